The molecule has 0 spiro atoms. The summed E-state index contributed by atoms with van der Waals surface area (Å²) in [4.78, 5) is 21.7. The summed E-state index contributed by atoms with van der Waals surface area (Å²) in [5.41, 5.74) is 2.52. The van der Waals surface area contributed by atoms with Crippen LogP contribution in [0.15, 0.2) is 18.1 Å². The minimum atomic E-state index is -0.996. The number of carbonyl (C=O) groups excluding carboxylic acids is 1. The number of aliphatic carboxylic acids is 1. The van der Waals surface area contributed by atoms with E-state index in [1.807, 2.05) is 0 Å². The van der Waals surface area contributed by atoms with Crippen LogP contribution in [0, 0.1) is 0 Å². The van der Waals surface area contributed by atoms with Gasteiger partial charge in [0.05, 0.1) is 0 Å². The first-order valence-corrected chi connectivity index (χ1v) is 11.6. The fourth-order valence-electron chi connectivity index (χ4n) is 3.40. The van der Waals surface area contributed by atoms with Crippen LogP contribution in [0.4, 0.5) is 0 Å². The van der Waals surface area contributed by atoms with E-state index in [2.05, 4.69) is 17.6 Å². The number of allylic oxidation sites excluding steroid dienone is 1. The highest BCUT2D eigenvalue weighted by Gasteiger charge is 2.03. The molecule has 168 valence electrons. The van der Waals surface area contributed by atoms with Crippen LogP contribution < -0.4 is 5.32 Å². The van der Waals surface area contributed by atoms with Gasteiger partial charge < -0.3 is 15.5 Å². The highest BCUT2D eigenvalue weighted by molar-refractivity contribution is 5.80. The Morgan fingerprint density at radius 1 is 0.621 bits per heavy atom. The molecule has 1 amide bonds. The molecule has 0 aliphatic rings. The zero-order valence-electron chi connectivity index (χ0n) is 18.4. The molecule has 0 aliphatic heterocycles. The fraction of sp³-hybridized carbons (Fsp3) is 0.792. The quantitative estimate of drug-likeness (QED) is 0.116. The van der Waals surface area contributed by atoms with E-state index in [1.54, 1.807) is 0 Å². The molecule has 3 N–H and O–H groups in total. The van der Waals surface area contributed by atoms with Gasteiger partial charge in [-0.25, -0.2) is 0 Å². The SMILES string of the molecule is C=C=C(O)CCCCCCCCCCCCCCCCCCC(=O)NCC(=O)O. The molecule has 5 heteroatoms. The maximum absolute atomic E-state index is 11.4. The van der Waals surface area contributed by atoms with Crippen LogP contribution in [-0.4, -0.2) is 28.6 Å². The number of hydrogen-bond donors (Lipinski definition) is 3. The van der Waals surface area contributed by atoms with Gasteiger partial charge in [0.1, 0.15) is 12.3 Å². The van der Waals surface area contributed by atoms with Gasteiger partial charge in [-0.15, -0.1) is 0 Å². The van der Waals surface area contributed by atoms with Gasteiger partial charge >= 0.3 is 5.97 Å². The lowest BCUT2D eigenvalue weighted by Gasteiger charge is -2.04. The predicted molar refractivity (Wildman–Crippen MR) is 119 cm³/mol. The van der Waals surface area contributed by atoms with Crippen molar-refractivity contribution in [3.8, 4) is 0 Å². The lowest BCUT2D eigenvalue weighted by atomic mass is 10.0. The van der Waals surface area contributed by atoms with Gasteiger partial charge in [-0.1, -0.05) is 102 Å². The average molecular weight is 410 g/mol. The lowest BCUT2D eigenvalue weighted by Crippen LogP contribution is -2.28. The predicted octanol–water partition coefficient (Wildman–Crippen LogP) is 6.44. The Kier molecular flexibility index (Phi) is 19.7. The Hall–Kier alpha value is -1.74. The summed E-state index contributed by atoms with van der Waals surface area (Å²) >= 11 is 0. The second-order valence-corrected chi connectivity index (χ2v) is 7.95. The van der Waals surface area contributed by atoms with Gasteiger partial charge in [-0.3, -0.25) is 9.59 Å². The van der Waals surface area contributed by atoms with E-state index in [0.29, 0.717) is 12.2 Å². The summed E-state index contributed by atoms with van der Waals surface area (Å²) in [7, 11) is 0. The van der Waals surface area contributed by atoms with Gasteiger partial charge in [0.15, 0.2) is 0 Å². The molecule has 0 fully saturated rings. The van der Waals surface area contributed by atoms with Gasteiger partial charge in [0, 0.05) is 12.8 Å². The van der Waals surface area contributed by atoms with Crippen LogP contribution in [0.5, 0.6) is 0 Å². The van der Waals surface area contributed by atoms with Crippen LogP contribution in [0.2, 0.25) is 0 Å². The minimum Gasteiger partial charge on any atom is -0.505 e. The first-order chi connectivity index (χ1) is 14.1. The molecule has 0 heterocycles. The van der Waals surface area contributed by atoms with E-state index in [0.717, 1.165) is 32.1 Å². The van der Waals surface area contributed by atoms with E-state index in [9.17, 15) is 14.7 Å². The van der Waals surface area contributed by atoms with Crippen molar-refractivity contribution in [3.05, 3.63) is 18.1 Å². The minimum absolute atomic E-state index is 0.159. The summed E-state index contributed by atoms with van der Waals surface area (Å²) in [6.45, 7) is 3.15. The standard InChI is InChI=1S/C24H43NO4/c1-2-22(26)19-17-15-13-11-9-7-5-3-4-6-8-10-12-14-16-18-20-23(27)25-21-24(28)29/h26H,1,3-21H2,(H,25,27)(H,28,29). The Bertz CT molecular complexity index is 470. The zero-order valence-corrected chi connectivity index (χ0v) is 18.4. The number of carboxylic acid groups (broad SMARTS) is 1. The molecule has 0 aromatic carbocycles. The smallest absolute Gasteiger partial charge is 0.322 e. The Morgan fingerprint density at radius 2 is 0.966 bits per heavy atom. The molecule has 0 saturated carbocycles. The van der Waals surface area contributed by atoms with Crippen molar-refractivity contribution in [2.75, 3.05) is 6.54 Å². The summed E-state index contributed by atoms with van der Waals surface area (Å²) in [5.74, 6) is -0.859. The van der Waals surface area contributed by atoms with Crippen molar-refractivity contribution in [3.63, 3.8) is 0 Å². The topological polar surface area (TPSA) is 86.6 Å². The van der Waals surface area contributed by atoms with Crippen molar-refractivity contribution < 1.29 is 19.8 Å². The number of aliphatic hydroxyl groups is 1. The average Bonchev–Trinajstić information content (AvgIpc) is 2.71. The lowest BCUT2D eigenvalue weighted by molar-refractivity contribution is -0.137. The van der Waals surface area contributed by atoms with Crippen molar-refractivity contribution in [2.24, 2.45) is 0 Å². The van der Waals surface area contributed by atoms with Crippen molar-refractivity contribution >= 4 is 11.9 Å². The zero-order chi connectivity index (χ0) is 21.6. The number of carboxylic acids is 1. The molecule has 0 atom stereocenters. The largest absolute Gasteiger partial charge is 0.505 e. The van der Waals surface area contributed by atoms with Crippen molar-refractivity contribution in [2.45, 2.75) is 116 Å². The maximum atomic E-state index is 11.4. The van der Waals surface area contributed by atoms with Crippen LogP contribution in [0.1, 0.15) is 116 Å². The molecule has 0 saturated heterocycles. The Balaban J connectivity index is 3.14. The van der Waals surface area contributed by atoms with Gasteiger partial charge in [0.2, 0.25) is 5.91 Å². The number of carbonyl (C=O) groups is 2. The van der Waals surface area contributed by atoms with E-state index in [1.165, 1.54) is 77.0 Å². The first kappa shape index (κ1) is 27.3. The number of nitrogens with one attached hydrogen (secondary N) is 1. The third kappa shape index (κ3) is 22.4. The molecular formula is C24H43NO4. The van der Waals surface area contributed by atoms with E-state index in [-0.39, 0.29) is 12.5 Å². The van der Waals surface area contributed by atoms with Gasteiger partial charge in [-0.2, -0.15) is 0 Å². The van der Waals surface area contributed by atoms with Crippen LogP contribution in [0.25, 0.3) is 0 Å². The van der Waals surface area contributed by atoms with Crippen molar-refractivity contribution in [1.29, 1.82) is 0 Å². The summed E-state index contributed by atoms with van der Waals surface area (Å²) < 4.78 is 0. The fourth-order valence-corrected chi connectivity index (χ4v) is 3.40. The van der Waals surface area contributed by atoms with Crippen LogP contribution in [0.3, 0.4) is 0 Å². The Morgan fingerprint density at radius 3 is 1.31 bits per heavy atom. The van der Waals surface area contributed by atoms with E-state index >= 15 is 0 Å². The third-order valence-electron chi connectivity index (χ3n) is 5.21. The van der Waals surface area contributed by atoms with Crippen LogP contribution in [-0.2, 0) is 9.59 Å². The third-order valence-corrected chi connectivity index (χ3v) is 5.21. The van der Waals surface area contributed by atoms with Crippen LogP contribution >= 0.6 is 0 Å². The molecule has 0 aliphatic carbocycles. The molecule has 5 nitrogen and oxygen atoms in total. The highest BCUT2D eigenvalue weighted by atomic mass is 16.4. The number of hydrogen-bond acceptors (Lipinski definition) is 3. The number of aliphatic hydroxyl groups excluding tert-OH is 1. The molecule has 0 unspecified atom stereocenters. The first-order valence-electron chi connectivity index (χ1n) is 11.6. The molecular weight excluding hydrogens is 366 g/mol. The van der Waals surface area contributed by atoms with Crippen molar-refractivity contribution in [1.82, 2.24) is 5.32 Å². The molecule has 0 rings (SSSR count). The highest BCUT2D eigenvalue weighted by Crippen LogP contribution is 2.14. The summed E-state index contributed by atoms with van der Waals surface area (Å²) in [5, 5.41) is 20.1. The van der Waals surface area contributed by atoms with E-state index < -0.39 is 5.97 Å². The summed E-state index contributed by atoms with van der Waals surface area (Å²) in [6, 6.07) is 0. The van der Waals surface area contributed by atoms with Gasteiger partial charge in [0.25, 0.3) is 0 Å². The number of unbranched alkanes of at least 4 members (excludes halogenated alkanes) is 15. The molecule has 0 radical (unpaired) electrons. The Labute approximate surface area is 177 Å². The normalized spacial score (nSPS) is 10.5. The second kappa shape index (κ2) is 21.0. The van der Waals surface area contributed by atoms with E-state index in [4.69, 9.17) is 5.11 Å². The second-order valence-electron chi connectivity index (χ2n) is 7.95. The molecule has 0 bridgehead atoms. The number of amides is 1. The molecule has 29 heavy (non-hydrogen) atoms. The summed E-state index contributed by atoms with van der Waals surface area (Å²) in [6.07, 6.45) is 20.9. The maximum Gasteiger partial charge on any atom is 0.322 e. The van der Waals surface area contributed by atoms with Gasteiger partial charge in [-0.05, 0) is 12.8 Å². The molecule has 0 aromatic heterocycles. The molecule has 0 aromatic rings. The monoisotopic (exact) mass is 409 g/mol. The number of rotatable bonds is 21.